The quantitative estimate of drug-likeness (QED) is 0.693. The van der Waals surface area contributed by atoms with Crippen LogP contribution in [0.2, 0.25) is 5.02 Å². The molecule has 3 rings (SSSR count). The molecule has 0 aliphatic carbocycles. The minimum Gasteiger partial charge on any atom is -0.459 e. The first-order valence-corrected chi connectivity index (χ1v) is 11.6. The van der Waals surface area contributed by atoms with Gasteiger partial charge in [0.2, 0.25) is 15.9 Å². The van der Waals surface area contributed by atoms with Crippen LogP contribution in [0.5, 0.6) is 0 Å². The van der Waals surface area contributed by atoms with Gasteiger partial charge in [-0.3, -0.25) is 9.59 Å². The molecule has 8 nitrogen and oxygen atoms in total. The van der Waals surface area contributed by atoms with E-state index in [1.165, 1.54) is 33.7 Å². The number of hydrogen-bond acceptors (Lipinski definition) is 5. The van der Waals surface area contributed by atoms with E-state index in [4.69, 9.17) is 16.0 Å². The second kappa shape index (κ2) is 9.20. The minimum atomic E-state index is -3.79. The third-order valence-electron chi connectivity index (χ3n) is 5.07. The molecule has 1 aliphatic heterocycles. The van der Waals surface area contributed by atoms with Crippen LogP contribution in [0.1, 0.15) is 37.2 Å². The minimum absolute atomic E-state index is 0.0689. The van der Waals surface area contributed by atoms with Crippen molar-refractivity contribution < 1.29 is 22.4 Å². The molecule has 1 saturated heterocycles. The van der Waals surface area contributed by atoms with Crippen LogP contribution in [-0.4, -0.2) is 55.1 Å². The third-order valence-corrected chi connectivity index (χ3v) is 7.60. The van der Waals surface area contributed by atoms with Gasteiger partial charge < -0.3 is 14.6 Å². The van der Waals surface area contributed by atoms with Gasteiger partial charge >= 0.3 is 0 Å². The molecule has 10 heteroatoms. The number of nitrogens with one attached hydrogen (secondary N) is 1. The molecule has 1 N–H and O–H groups in total. The summed E-state index contributed by atoms with van der Waals surface area (Å²) in [6.45, 7) is 4.53. The van der Waals surface area contributed by atoms with Gasteiger partial charge in [0, 0.05) is 25.3 Å². The van der Waals surface area contributed by atoms with E-state index < -0.39 is 16.1 Å². The number of anilines is 1. The summed E-state index contributed by atoms with van der Waals surface area (Å²) in [5.74, 6) is -0.562. The van der Waals surface area contributed by atoms with Gasteiger partial charge in [0.05, 0.1) is 11.3 Å². The van der Waals surface area contributed by atoms with Gasteiger partial charge in [-0.2, -0.15) is 4.31 Å². The molecule has 0 saturated carbocycles. The molecule has 162 valence electrons. The number of amides is 2. The Labute approximate surface area is 180 Å². The molecule has 1 aromatic heterocycles. The fourth-order valence-electron chi connectivity index (χ4n) is 3.53. The first-order valence-electron chi connectivity index (χ1n) is 9.74. The lowest BCUT2D eigenvalue weighted by Gasteiger charge is -2.23. The molecule has 2 heterocycles. The Hall–Kier alpha value is -2.36. The van der Waals surface area contributed by atoms with E-state index in [2.05, 4.69) is 5.32 Å². The maximum Gasteiger partial charge on any atom is 0.290 e. The molecule has 1 aromatic carbocycles. The second-order valence-electron chi connectivity index (χ2n) is 6.86. The molecule has 1 atom stereocenters. The van der Waals surface area contributed by atoms with Crippen LogP contribution in [0.25, 0.3) is 0 Å². The van der Waals surface area contributed by atoms with E-state index >= 15 is 0 Å². The van der Waals surface area contributed by atoms with Crippen LogP contribution in [-0.2, 0) is 14.8 Å². The molecule has 0 bridgehead atoms. The summed E-state index contributed by atoms with van der Waals surface area (Å²) in [5, 5.41) is 2.80. The van der Waals surface area contributed by atoms with Gasteiger partial charge in [-0.1, -0.05) is 25.4 Å². The summed E-state index contributed by atoms with van der Waals surface area (Å²) < 4.78 is 32.1. The lowest BCUT2D eigenvalue weighted by atomic mass is 10.2. The van der Waals surface area contributed by atoms with Crippen LogP contribution in [0, 0.1) is 0 Å². The summed E-state index contributed by atoms with van der Waals surface area (Å²) in [6.07, 6.45) is 2.60. The summed E-state index contributed by atoms with van der Waals surface area (Å²) in [6, 6.07) is 6.83. The number of sulfonamides is 1. The molecule has 30 heavy (non-hydrogen) atoms. The summed E-state index contributed by atoms with van der Waals surface area (Å²) in [5.41, 5.74) is 0.299. The molecule has 0 spiro atoms. The smallest absolute Gasteiger partial charge is 0.290 e. The maximum atomic E-state index is 12.9. The van der Waals surface area contributed by atoms with E-state index in [1.807, 2.05) is 0 Å². The van der Waals surface area contributed by atoms with Crippen molar-refractivity contribution in [1.29, 1.82) is 0 Å². The number of likely N-dealkylation sites (tertiary alicyclic amines) is 1. The molecule has 1 fully saturated rings. The molecular formula is C20H24ClN3O5S. The van der Waals surface area contributed by atoms with Gasteiger partial charge in [-0.15, -0.1) is 0 Å². The predicted molar refractivity (Wildman–Crippen MR) is 113 cm³/mol. The van der Waals surface area contributed by atoms with Crippen molar-refractivity contribution in [2.75, 3.05) is 25.0 Å². The van der Waals surface area contributed by atoms with Crippen LogP contribution >= 0.6 is 11.6 Å². The Bertz CT molecular complexity index is 1020. The standard InChI is InChI=1S/C20H24ClN3O5S/c1-3-23(4-2)30(27,28)18-13-14(9-10-15(18)21)22-19(25)16-7-5-11-24(16)20(26)17-8-6-12-29-17/h6,8-10,12-13,16H,3-5,7,11H2,1-2H3,(H,22,25)/t16-/m0/s1. The molecule has 0 unspecified atom stereocenters. The van der Waals surface area contributed by atoms with Crippen molar-refractivity contribution in [2.24, 2.45) is 0 Å². The van der Waals surface area contributed by atoms with Crippen LogP contribution in [0.15, 0.2) is 45.9 Å². The van der Waals surface area contributed by atoms with Gasteiger partial charge in [-0.25, -0.2) is 8.42 Å². The van der Waals surface area contributed by atoms with Crippen molar-refractivity contribution in [3.63, 3.8) is 0 Å². The van der Waals surface area contributed by atoms with E-state index in [-0.39, 0.29) is 27.5 Å². The Morgan fingerprint density at radius 2 is 2.00 bits per heavy atom. The Morgan fingerprint density at radius 3 is 2.63 bits per heavy atom. The summed E-state index contributed by atoms with van der Waals surface area (Å²) in [7, 11) is -3.79. The summed E-state index contributed by atoms with van der Waals surface area (Å²) in [4.78, 5) is 26.9. The van der Waals surface area contributed by atoms with Crippen molar-refractivity contribution in [3.05, 3.63) is 47.4 Å². The molecule has 2 amide bonds. The van der Waals surface area contributed by atoms with E-state index in [1.54, 1.807) is 26.0 Å². The van der Waals surface area contributed by atoms with Crippen molar-refractivity contribution in [2.45, 2.75) is 37.6 Å². The van der Waals surface area contributed by atoms with Crippen LogP contribution in [0.3, 0.4) is 0 Å². The van der Waals surface area contributed by atoms with Gasteiger partial charge in [-0.05, 0) is 43.2 Å². The molecule has 2 aromatic rings. The van der Waals surface area contributed by atoms with Crippen LogP contribution in [0.4, 0.5) is 5.69 Å². The average molecular weight is 454 g/mol. The van der Waals surface area contributed by atoms with E-state index in [9.17, 15) is 18.0 Å². The fourth-order valence-corrected chi connectivity index (χ4v) is 5.49. The number of hydrogen-bond donors (Lipinski definition) is 1. The predicted octanol–water partition coefficient (Wildman–Crippen LogP) is 3.21. The number of rotatable bonds is 7. The van der Waals surface area contributed by atoms with Gasteiger partial charge in [0.1, 0.15) is 10.9 Å². The zero-order valence-electron chi connectivity index (χ0n) is 16.8. The molecular weight excluding hydrogens is 430 g/mol. The Balaban J connectivity index is 1.81. The third kappa shape index (κ3) is 4.38. The summed E-state index contributed by atoms with van der Waals surface area (Å²) >= 11 is 6.14. The Kier molecular flexibility index (Phi) is 6.84. The average Bonchev–Trinajstić information content (AvgIpc) is 3.41. The number of carbonyl (C=O) groups excluding carboxylic acids is 2. The van der Waals surface area contributed by atoms with Crippen molar-refractivity contribution in [3.8, 4) is 0 Å². The number of furan rings is 1. The number of benzene rings is 1. The number of carbonyl (C=O) groups is 2. The molecule has 1 aliphatic rings. The van der Waals surface area contributed by atoms with Crippen LogP contribution < -0.4 is 5.32 Å². The lowest BCUT2D eigenvalue weighted by Crippen LogP contribution is -2.43. The highest BCUT2D eigenvalue weighted by atomic mass is 35.5. The van der Waals surface area contributed by atoms with E-state index in [0.29, 0.717) is 38.2 Å². The Morgan fingerprint density at radius 1 is 1.27 bits per heavy atom. The molecule has 0 radical (unpaired) electrons. The monoisotopic (exact) mass is 453 g/mol. The number of halogens is 1. The zero-order valence-corrected chi connectivity index (χ0v) is 18.4. The van der Waals surface area contributed by atoms with Gasteiger partial charge in [0.15, 0.2) is 5.76 Å². The van der Waals surface area contributed by atoms with Crippen molar-refractivity contribution >= 4 is 39.1 Å². The maximum absolute atomic E-state index is 12.9. The highest BCUT2D eigenvalue weighted by Gasteiger charge is 2.35. The lowest BCUT2D eigenvalue weighted by molar-refractivity contribution is -0.119. The SMILES string of the molecule is CCN(CC)S(=O)(=O)c1cc(NC(=O)[C@@H]2CCCN2C(=O)c2ccco2)ccc1Cl. The fraction of sp³-hybridized carbons (Fsp3) is 0.400. The largest absolute Gasteiger partial charge is 0.459 e. The van der Waals surface area contributed by atoms with Crippen molar-refractivity contribution in [1.82, 2.24) is 9.21 Å². The van der Waals surface area contributed by atoms with E-state index in [0.717, 1.165) is 0 Å². The first kappa shape index (κ1) is 22.3. The normalized spacial score (nSPS) is 16.8. The van der Waals surface area contributed by atoms with Gasteiger partial charge in [0.25, 0.3) is 5.91 Å². The first-order chi connectivity index (χ1) is 14.3. The number of nitrogens with zero attached hydrogens (tertiary/aromatic N) is 2. The topological polar surface area (TPSA) is 99.9 Å². The highest BCUT2D eigenvalue weighted by molar-refractivity contribution is 7.89. The highest BCUT2D eigenvalue weighted by Crippen LogP contribution is 2.29. The second-order valence-corrected chi connectivity index (χ2v) is 9.17. The zero-order chi connectivity index (χ0) is 21.9.